The van der Waals surface area contributed by atoms with Gasteiger partial charge in [-0.1, -0.05) is 170 Å². The largest absolute Gasteiger partial charge is 2.00 e. The van der Waals surface area contributed by atoms with Crippen molar-refractivity contribution in [1.82, 2.24) is 120 Å². The van der Waals surface area contributed by atoms with E-state index in [4.69, 9.17) is 0 Å². The number of hydrogen-bond donors (Lipinski definition) is 0. The zero-order chi connectivity index (χ0) is 78.3. The van der Waals surface area contributed by atoms with E-state index in [0.717, 1.165) is 106 Å². The molecule has 0 fully saturated rings. The van der Waals surface area contributed by atoms with Gasteiger partial charge in [0.2, 0.25) is 0 Å². The maximum atomic E-state index is 12.6. The molecule has 0 unspecified atom stereocenters. The van der Waals surface area contributed by atoms with E-state index in [-0.39, 0.29) is 102 Å². The van der Waals surface area contributed by atoms with Crippen molar-refractivity contribution in [3.05, 3.63) is 228 Å². The van der Waals surface area contributed by atoms with Crippen molar-refractivity contribution in [2.45, 2.75) is 138 Å². The van der Waals surface area contributed by atoms with E-state index in [2.05, 4.69) is 205 Å². The topological polar surface area (TPSA) is 293 Å². The Morgan fingerprint density at radius 1 is 0.366 bits per heavy atom. The van der Waals surface area contributed by atoms with Crippen LogP contribution < -0.4 is 30.6 Å². The summed E-state index contributed by atoms with van der Waals surface area (Å²) in [7, 11) is 1.94. The Balaban J connectivity index is 0.000000170. The van der Waals surface area contributed by atoms with Gasteiger partial charge in [0.1, 0.15) is 29.1 Å². The molecule has 0 aliphatic heterocycles. The summed E-state index contributed by atoms with van der Waals surface area (Å²) in [5.41, 5.74) is 11.2. The van der Waals surface area contributed by atoms with E-state index < -0.39 is 24.0 Å². The number of fused-ring (bicyclic) bond motifs is 3. The molecule has 0 saturated heterocycles. The van der Waals surface area contributed by atoms with E-state index in [9.17, 15) is 26.3 Å². The molecule has 0 saturated carbocycles. The van der Waals surface area contributed by atoms with Crippen molar-refractivity contribution < 1.29 is 89.5 Å². The van der Waals surface area contributed by atoms with E-state index in [0.29, 0.717) is 17.7 Å². The number of aryl methyl sites for hydroxylation is 5. The number of pyridine rings is 3. The molecule has 0 atom stereocenters. The van der Waals surface area contributed by atoms with Gasteiger partial charge in [-0.2, -0.15) is 26.3 Å². The van der Waals surface area contributed by atoms with Gasteiger partial charge < -0.3 is 74.5 Å². The molecule has 24 nitrogen and oxygen atoms in total. The SMILES string of the molecule is CC(C)(C)c1ccc2cnc(-c3nc(C(F)(F)F)n[n-]3)cc2c1.CC(C)(C)c1ccc2cnc(-c3nc(C(F)(F)F)n[n-]3)cc2c1.Cc1cc(-c2nccn2-c2ccccc2)[n-]n1.Cc1cc(-c2nccn2C(C)C)[n-]n1.Cc1cc(-c2nccn2C)[n-]n1.Cc1n[n-]c(-c2cc3cc(C(C)(C)C)ccc3cn2)n1.[Pt+2].[Pt+2].[Pt+2]. The zero-order valence-electron chi connectivity index (χ0n) is 63.8. The average molecular weight is 2060 g/mol. The van der Waals surface area contributed by atoms with Crippen LogP contribution in [0.3, 0.4) is 0 Å². The summed E-state index contributed by atoms with van der Waals surface area (Å²) in [6.45, 7) is 31.0. The monoisotopic (exact) mass is 2060 g/mol. The molecule has 12 aromatic heterocycles. The van der Waals surface area contributed by atoms with Crippen LogP contribution in [-0.2, 0) is 98.8 Å². The predicted molar refractivity (Wildman–Crippen MR) is 402 cm³/mol. The van der Waals surface area contributed by atoms with Crippen molar-refractivity contribution in [3.63, 3.8) is 0 Å². The van der Waals surface area contributed by atoms with Gasteiger partial charge in [-0.15, -0.1) is 0 Å². The molecular formula is C79H78F6N24Pt3. The second-order valence-electron chi connectivity index (χ2n) is 28.9. The van der Waals surface area contributed by atoms with E-state index >= 15 is 0 Å². The van der Waals surface area contributed by atoms with Gasteiger partial charge in [0.15, 0.2) is 0 Å². The first-order valence-electron chi connectivity index (χ1n) is 34.5. The second-order valence-corrected chi connectivity index (χ2v) is 28.9. The first-order valence-corrected chi connectivity index (χ1v) is 34.5. The van der Waals surface area contributed by atoms with Crippen LogP contribution in [0.15, 0.2) is 177 Å². The molecule has 0 amide bonds. The molecule has 4 aromatic carbocycles. The van der Waals surface area contributed by atoms with Gasteiger partial charge in [-0.3, -0.25) is 30.2 Å². The number of rotatable bonds is 8. The number of nitrogens with zero attached hydrogens (tertiary/aromatic N) is 24. The van der Waals surface area contributed by atoms with Crippen LogP contribution in [0.25, 0.3) is 107 Å². The minimum Gasteiger partial charge on any atom is -0.572 e. The molecule has 0 N–H and O–H groups in total. The quantitative estimate of drug-likeness (QED) is 0.128. The molecule has 16 aromatic rings. The molecule has 0 aliphatic carbocycles. The fourth-order valence-electron chi connectivity index (χ4n) is 10.9. The standard InChI is InChI=1S/2C16H14F3N4.C16H17N4.C13H11N4.C10H13N4.C8H9N4.3Pt/c2*1-15(2,3)11-5-4-9-8-20-12(7-10(9)6-11)13-21-14(23-22-13)16(17,18)19;1-10-18-15(20-19-10)14-8-12-7-13(16(2,3)4)6-5-11(12)9-17-14;1-10-9-12(16-15-10)13-14-7-8-17(13)11-5-3-2-4-6-11;1-7(2)14-5-4-11-10(14)9-6-8(3)12-13-9;1-6-5-7(11-10-6)8-9-3-4-12(8)2;;;/h2*4-8H,1-3H3;5-9H,1-4H3;2-9H,1H3;4-7H,1-3H3;3-5H,1-2H3;;;/q6*-1;3*+2. The summed E-state index contributed by atoms with van der Waals surface area (Å²) in [4.78, 5) is 36.6. The molecular weight excluding hydrogens is 1980 g/mol. The number of halogens is 6. The Morgan fingerprint density at radius 2 is 0.732 bits per heavy atom. The smallest absolute Gasteiger partial charge is 0.572 e. The average Bonchev–Trinajstić information content (AvgIpc) is 1.54. The fraction of sp³-hybridized carbons (Fsp3) is 0.278. The summed E-state index contributed by atoms with van der Waals surface area (Å²) < 4.78 is 81.4. The molecule has 0 aliphatic rings. The van der Waals surface area contributed by atoms with E-state index in [1.165, 1.54) is 5.56 Å². The Morgan fingerprint density at radius 3 is 1.08 bits per heavy atom. The minimum absolute atomic E-state index is 0. The number of imidazole rings is 3. The number of hydrogen-bond acceptors (Lipinski definition) is 15. The predicted octanol–water partition coefficient (Wildman–Crippen LogP) is 15.9. The number of alkyl halides is 6. The number of aromatic nitrogens is 24. The first-order chi connectivity index (χ1) is 51.5. The third kappa shape index (κ3) is 22.0. The Labute approximate surface area is 685 Å². The third-order valence-electron chi connectivity index (χ3n) is 16.8. The van der Waals surface area contributed by atoms with E-state index in [1.807, 2.05) is 160 Å². The summed E-state index contributed by atoms with van der Waals surface area (Å²) >= 11 is 0. The van der Waals surface area contributed by atoms with Gasteiger partial charge in [0.25, 0.3) is 0 Å². The van der Waals surface area contributed by atoms with Gasteiger partial charge in [-0.25, -0.2) is 15.0 Å². The first kappa shape index (κ1) is 87.0. The number of para-hydroxylation sites is 1. The van der Waals surface area contributed by atoms with Crippen LogP contribution in [0.5, 0.6) is 0 Å². The maximum Gasteiger partial charge on any atom is 2.00 e. The van der Waals surface area contributed by atoms with Crippen molar-refractivity contribution in [2.75, 3.05) is 0 Å². The second kappa shape index (κ2) is 36.3. The molecule has 0 spiro atoms. The van der Waals surface area contributed by atoms with Gasteiger partial charge in [-0.05, 0) is 138 Å². The molecule has 12 heterocycles. The Bertz CT molecular complexity index is 5570. The summed E-state index contributed by atoms with van der Waals surface area (Å²) in [6, 6.07) is 40.1. The van der Waals surface area contributed by atoms with E-state index in [1.54, 1.807) is 43.1 Å². The molecule has 586 valence electrons. The maximum absolute atomic E-state index is 12.6. The van der Waals surface area contributed by atoms with Crippen LogP contribution >= 0.6 is 0 Å². The normalized spacial score (nSPS) is 11.5. The Hall–Kier alpha value is -10.6. The summed E-state index contributed by atoms with van der Waals surface area (Å²) in [6.07, 6.45) is 6.93. The molecule has 0 bridgehead atoms. The molecule has 0 radical (unpaired) electrons. The summed E-state index contributed by atoms with van der Waals surface area (Å²) in [5, 5.41) is 51.0. The van der Waals surface area contributed by atoms with Crippen LogP contribution in [0.1, 0.15) is 133 Å². The third-order valence-corrected chi connectivity index (χ3v) is 16.8. The van der Waals surface area contributed by atoms with Crippen LogP contribution in [0, 0.1) is 27.7 Å². The van der Waals surface area contributed by atoms with Crippen molar-refractivity contribution >= 4 is 32.3 Å². The summed E-state index contributed by atoms with van der Waals surface area (Å²) in [5.74, 6) is 1.07. The molecule has 16 rings (SSSR count). The van der Waals surface area contributed by atoms with Gasteiger partial charge >= 0.3 is 75.5 Å². The van der Waals surface area contributed by atoms with Crippen LogP contribution in [0.2, 0.25) is 0 Å². The van der Waals surface area contributed by atoms with Gasteiger partial charge in [0, 0.05) is 114 Å². The van der Waals surface area contributed by atoms with Gasteiger partial charge in [0.05, 0.1) is 17.1 Å². The molecule has 112 heavy (non-hydrogen) atoms. The zero-order valence-corrected chi connectivity index (χ0v) is 70.6. The van der Waals surface area contributed by atoms with Crippen molar-refractivity contribution in [2.24, 2.45) is 7.05 Å². The van der Waals surface area contributed by atoms with Crippen molar-refractivity contribution in [3.8, 4) is 74.8 Å². The van der Waals surface area contributed by atoms with Crippen molar-refractivity contribution in [1.29, 1.82) is 0 Å². The minimum atomic E-state index is -4.61. The molecule has 33 heteroatoms. The van der Waals surface area contributed by atoms with Crippen LogP contribution in [-0.4, -0.2) is 89.1 Å². The number of benzene rings is 4. The fourth-order valence-corrected chi connectivity index (χ4v) is 10.9. The Kier molecular flexibility index (Phi) is 28.2. The van der Waals surface area contributed by atoms with Crippen LogP contribution in [0.4, 0.5) is 26.3 Å².